The number of esters is 1. The van der Waals surface area contributed by atoms with Crippen LogP contribution in [0.1, 0.15) is 18.4 Å². The molecular weight excluding hydrogens is 360 g/mol. The highest BCUT2D eigenvalue weighted by molar-refractivity contribution is 6.31. The molecule has 0 bridgehead atoms. The number of carbonyl (C=O) groups is 2. The molecule has 2 rings (SSSR count). The smallest absolute Gasteiger partial charge is 0.336 e. The van der Waals surface area contributed by atoms with Gasteiger partial charge in [-0.1, -0.05) is 29.8 Å². The van der Waals surface area contributed by atoms with Crippen molar-refractivity contribution in [2.45, 2.75) is 12.8 Å². The van der Waals surface area contributed by atoms with Crippen molar-refractivity contribution in [1.82, 2.24) is 5.32 Å². The lowest BCUT2D eigenvalue weighted by Crippen LogP contribution is -2.34. The maximum absolute atomic E-state index is 12.4. The van der Waals surface area contributed by atoms with Crippen LogP contribution in [0.4, 0.5) is 0 Å². The largest absolute Gasteiger partial charge is 0.478 e. The molecule has 7 nitrogen and oxygen atoms in total. The second-order valence-electron chi connectivity index (χ2n) is 5.65. The zero-order valence-corrected chi connectivity index (χ0v) is 15.3. The van der Waals surface area contributed by atoms with Crippen LogP contribution in [0.15, 0.2) is 46.8 Å². The molecule has 0 aromatic heterocycles. The topological polar surface area (TPSA) is 111 Å². The van der Waals surface area contributed by atoms with Crippen molar-refractivity contribution in [2.75, 3.05) is 26.9 Å². The molecule has 1 atom stereocenters. The fraction of sp³-hybridized carbons (Fsp3) is 0.333. The number of nitrogens with two attached hydrogens (primary N) is 1. The molecule has 0 saturated heterocycles. The first-order valence-electron chi connectivity index (χ1n) is 7.97. The minimum absolute atomic E-state index is 0.0129. The molecule has 1 aliphatic heterocycles. The van der Waals surface area contributed by atoms with E-state index in [1.54, 1.807) is 31.2 Å². The molecular formula is C18H21ClN2O5. The highest BCUT2D eigenvalue weighted by Crippen LogP contribution is 2.41. The quantitative estimate of drug-likeness (QED) is 0.488. The van der Waals surface area contributed by atoms with Gasteiger partial charge < -0.3 is 25.6 Å². The number of hydrogen-bond acceptors (Lipinski definition) is 6. The molecule has 1 heterocycles. The predicted octanol–water partition coefficient (Wildman–Crippen LogP) is 1.79. The average molecular weight is 381 g/mol. The third-order valence-electron chi connectivity index (χ3n) is 4.01. The number of halogens is 1. The van der Waals surface area contributed by atoms with E-state index in [-0.39, 0.29) is 24.4 Å². The molecule has 1 aromatic carbocycles. The lowest BCUT2D eigenvalue weighted by atomic mass is 9.80. The molecule has 4 N–H and O–H groups in total. The summed E-state index contributed by atoms with van der Waals surface area (Å²) in [5.74, 6) is -2.69. The molecule has 0 radical (unpaired) electrons. The van der Waals surface area contributed by atoms with Crippen LogP contribution in [0, 0.1) is 0 Å². The van der Waals surface area contributed by atoms with Crippen molar-refractivity contribution in [3.05, 3.63) is 57.4 Å². The van der Waals surface area contributed by atoms with Crippen LogP contribution in [-0.2, 0) is 19.1 Å². The molecule has 0 aliphatic carbocycles. The number of benzene rings is 1. The van der Waals surface area contributed by atoms with Crippen molar-refractivity contribution in [1.29, 1.82) is 0 Å². The number of hydrogen-bond donors (Lipinski definition) is 3. The Morgan fingerprint density at radius 2 is 2.00 bits per heavy atom. The van der Waals surface area contributed by atoms with Crippen LogP contribution < -0.4 is 11.1 Å². The van der Waals surface area contributed by atoms with E-state index < -0.39 is 17.9 Å². The Morgan fingerprint density at radius 1 is 1.31 bits per heavy atom. The minimum atomic E-state index is -1.18. The molecule has 1 aromatic rings. The van der Waals surface area contributed by atoms with E-state index >= 15 is 0 Å². The third kappa shape index (κ3) is 4.07. The van der Waals surface area contributed by atoms with Crippen LogP contribution >= 0.6 is 11.6 Å². The summed E-state index contributed by atoms with van der Waals surface area (Å²) in [5, 5.41) is 13.2. The summed E-state index contributed by atoms with van der Waals surface area (Å²) in [6.07, 6.45) is 0. The van der Waals surface area contributed by atoms with E-state index in [1.807, 2.05) is 0 Å². The van der Waals surface area contributed by atoms with Crippen LogP contribution in [0.25, 0.3) is 0 Å². The first-order valence-corrected chi connectivity index (χ1v) is 8.34. The van der Waals surface area contributed by atoms with Gasteiger partial charge in [-0.2, -0.15) is 0 Å². The van der Waals surface area contributed by atoms with Crippen LogP contribution in [-0.4, -0.2) is 43.9 Å². The molecule has 26 heavy (non-hydrogen) atoms. The molecule has 0 spiro atoms. The highest BCUT2D eigenvalue weighted by Gasteiger charge is 2.38. The van der Waals surface area contributed by atoms with E-state index in [0.29, 0.717) is 28.5 Å². The highest BCUT2D eigenvalue weighted by atomic mass is 35.5. The lowest BCUT2D eigenvalue weighted by molar-refractivity contribution is -0.136. The predicted molar refractivity (Wildman–Crippen MR) is 96.6 cm³/mol. The van der Waals surface area contributed by atoms with E-state index in [2.05, 4.69) is 5.32 Å². The Hall–Kier alpha value is -2.35. The maximum atomic E-state index is 12.4. The summed E-state index contributed by atoms with van der Waals surface area (Å²) >= 11 is 6.30. The number of allylic oxidation sites excluding steroid dienone is 1. The SMILES string of the molecule is COC(=O)C1=C(C)NC(COCCN)=C(C(=O)O)[C@@H]1c1ccccc1Cl. The number of dihydropyridines is 1. The molecule has 0 saturated carbocycles. The van der Waals surface area contributed by atoms with E-state index in [1.165, 1.54) is 7.11 Å². The van der Waals surface area contributed by atoms with Crippen molar-refractivity contribution < 1.29 is 24.2 Å². The second-order valence-corrected chi connectivity index (χ2v) is 6.06. The minimum Gasteiger partial charge on any atom is -0.478 e. The van der Waals surface area contributed by atoms with Gasteiger partial charge in [0.2, 0.25) is 0 Å². The van der Waals surface area contributed by atoms with Gasteiger partial charge in [-0.15, -0.1) is 0 Å². The molecule has 140 valence electrons. The Morgan fingerprint density at radius 3 is 2.58 bits per heavy atom. The summed E-state index contributed by atoms with van der Waals surface area (Å²) in [5.41, 5.74) is 6.94. The lowest BCUT2D eigenvalue weighted by Gasteiger charge is -2.31. The average Bonchev–Trinajstić information content (AvgIpc) is 2.61. The Bertz CT molecular complexity index is 773. The monoisotopic (exact) mass is 380 g/mol. The van der Waals surface area contributed by atoms with Crippen molar-refractivity contribution in [3.63, 3.8) is 0 Å². The van der Waals surface area contributed by atoms with Gasteiger partial charge in [-0.3, -0.25) is 0 Å². The number of carboxylic acids is 1. The number of rotatable bonds is 7. The first-order chi connectivity index (χ1) is 12.4. The number of aliphatic carboxylic acids is 1. The fourth-order valence-corrected chi connectivity index (χ4v) is 3.17. The first kappa shape index (κ1) is 20.0. The van der Waals surface area contributed by atoms with Gasteiger partial charge in [-0.25, -0.2) is 9.59 Å². The van der Waals surface area contributed by atoms with Crippen LogP contribution in [0.3, 0.4) is 0 Å². The zero-order chi connectivity index (χ0) is 19.3. The van der Waals surface area contributed by atoms with E-state index in [9.17, 15) is 14.7 Å². The fourth-order valence-electron chi connectivity index (χ4n) is 2.92. The van der Waals surface area contributed by atoms with Crippen molar-refractivity contribution >= 4 is 23.5 Å². The summed E-state index contributed by atoms with van der Waals surface area (Å²) in [7, 11) is 1.25. The Balaban J connectivity index is 2.64. The van der Waals surface area contributed by atoms with Gasteiger partial charge in [0.25, 0.3) is 0 Å². The maximum Gasteiger partial charge on any atom is 0.336 e. The number of nitrogens with one attached hydrogen (secondary N) is 1. The molecule has 1 aliphatic rings. The standard InChI is InChI=1S/C18H21ClN2O5/c1-10-14(18(24)25-2)15(11-5-3-4-6-12(11)19)16(17(22)23)13(21-10)9-26-8-7-20/h3-6,15,21H,7-9,20H2,1-2H3,(H,22,23)/t15-/m1/s1. The summed E-state index contributed by atoms with van der Waals surface area (Å²) in [4.78, 5) is 24.4. The summed E-state index contributed by atoms with van der Waals surface area (Å²) in [6, 6.07) is 6.80. The molecule has 0 fully saturated rings. The number of carboxylic acid groups (broad SMARTS) is 1. The summed E-state index contributed by atoms with van der Waals surface area (Å²) < 4.78 is 10.3. The Labute approximate surface area is 156 Å². The molecule has 0 unspecified atom stereocenters. The van der Waals surface area contributed by atoms with Gasteiger partial charge in [0, 0.05) is 17.3 Å². The van der Waals surface area contributed by atoms with E-state index in [4.69, 9.17) is 26.8 Å². The molecule has 8 heteroatoms. The number of ether oxygens (including phenoxy) is 2. The zero-order valence-electron chi connectivity index (χ0n) is 14.5. The van der Waals surface area contributed by atoms with Gasteiger partial charge in [-0.05, 0) is 18.6 Å². The van der Waals surface area contributed by atoms with Gasteiger partial charge in [0.15, 0.2) is 0 Å². The van der Waals surface area contributed by atoms with Gasteiger partial charge >= 0.3 is 11.9 Å². The second kappa shape index (κ2) is 8.84. The normalized spacial score (nSPS) is 17.2. The van der Waals surface area contributed by atoms with Crippen LogP contribution in [0.5, 0.6) is 0 Å². The Kier molecular flexibility index (Phi) is 6.79. The number of carbonyl (C=O) groups excluding carboxylic acids is 1. The molecule has 0 amide bonds. The van der Waals surface area contributed by atoms with Gasteiger partial charge in [0.1, 0.15) is 0 Å². The van der Waals surface area contributed by atoms with Gasteiger partial charge in [0.05, 0.1) is 43.1 Å². The van der Waals surface area contributed by atoms with Crippen LogP contribution in [0.2, 0.25) is 5.02 Å². The van der Waals surface area contributed by atoms with Crippen molar-refractivity contribution in [3.8, 4) is 0 Å². The number of methoxy groups -OCH3 is 1. The van der Waals surface area contributed by atoms with Crippen molar-refractivity contribution in [2.24, 2.45) is 5.73 Å². The summed E-state index contributed by atoms with van der Waals surface area (Å²) in [6.45, 7) is 2.29. The van der Waals surface area contributed by atoms with E-state index in [0.717, 1.165) is 0 Å². The third-order valence-corrected chi connectivity index (χ3v) is 4.35.